The van der Waals surface area contributed by atoms with Gasteiger partial charge in [-0.3, -0.25) is 28.8 Å². The van der Waals surface area contributed by atoms with Gasteiger partial charge in [0.2, 0.25) is 30.0 Å². The van der Waals surface area contributed by atoms with Gasteiger partial charge in [0.25, 0.3) is 5.56 Å². The SMILES string of the molecule is CCC(C=O)c1cc2n(c(=O)c1COC)Cc1c-2nc2cc(F)c(C)c3c2c1C(NC(=O)COCNC(=O)CNC(=O)C(Cc1ccccc1)NC(=O)CNC=O)CC3. The van der Waals surface area contributed by atoms with Crippen LogP contribution in [0, 0.1) is 12.7 Å². The van der Waals surface area contributed by atoms with Gasteiger partial charge in [0.05, 0.1) is 49.2 Å². The number of nitrogens with one attached hydrogen (secondary N) is 5. The van der Waals surface area contributed by atoms with Crippen molar-refractivity contribution in [2.45, 2.75) is 70.7 Å². The number of rotatable bonds is 19. The summed E-state index contributed by atoms with van der Waals surface area (Å²) in [6.07, 6.45) is 2.67. The number of carbonyl (C=O) groups excluding carboxylic acids is 6. The standard InChI is InChI=1S/C42H46FN7O9/c1-4-25(18-51)27-13-34-40-28(17-50(34)42(57)29(27)19-58-3)39-31(11-10-26-23(2)30(43)14-32(49-40)38(26)39)47-37(55)20-59-22-46-35(53)16-45-41(56)33(48-36(54)15-44-21-52)12-24-8-6-5-7-9-24/h5-9,13-14,18,21,25,31,33H,4,10-12,15-17,19-20,22H2,1-3H3,(H,44,52)(H,45,56)(H,46,53)(H,47,55)(H,48,54). The van der Waals surface area contributed by atoms with Crippen LogP contribution in [0.4, 0.5) is 4.39 Å². The molecule has 3 heterocycles. The molecule has 2 aromatic heterocycles. The Balaban J connectivity index is 1.12. The molecule has 310 valence electrons. The zero-order valence-corrected chi connectivity index (χ0v) is 32.9. The first-order chi connectivity index (χ1) is 28.5. The molecule has 2 aliphatic rings. The number of aldehydes is 1. The highest BCUT2D eigenvalue weighted by atomic mass is 19.1. The van der Waals surface area contributed by atoms with Gasteiger partial charge in [0, 0.05) is 42.0 Å². The van der Waals surface area contributed by atoms with E-state index in [0.717, 1.165) is 28.4 Å². The zero-order chi connectivity index (χ0) is 42.2. The number of nitrogens with zero attached hydrogens (tertiary/aromatic N) is 2. The van der Waals surface area contributed by atoms with Crippen LogP contribution >= 0.6 is 0 Å². The summed E-state index contributed by atoms with van der Waals surface area (Å²) < 4.78 is 27.7. The monoisotopic (exact) mass is 811 g/mol. The lowest BCUT2D eigenvalue weighted by Gasteiger charge is -2.29. The first-order valence-corrected chi connectivity index (χ1v) is 19.3. The summed E-state index contributed by atoms with van der Waals surface area (Å²) in [5.74, 6) is -3.27. The van der Waals surface area contributed by atoms with E-state index in [1.165, 1.54) is 13.2 Å². The Labute approximate surface area is 338 Å². The quantitative estimate of drug-likeness (QED) is 0.0460. The molecule has 3 unspecified atom stereocenters. The van der Waals surface area contributed by atoms with Crippen molar-refractivity contribution in [1.82, 2.24) is 36.1 Å². The lowest BCUT2D eigenvalue weighted by Crippen LogP contribution is -2.51. The Kier molecular flexibility index (Phi) is 13.6. The molecule has 1 aliphatic heterocycles. The Bertz CT molecular complexity index is 2350. The van der Waals surface area contributed by atoms with Crippen LogP contribution in [0.3, 0.4) is 0 Å². The van der Waals surface area contributed by atoms with E-state index in [4.69, 9.17) is 14.5 Å². The average molecular weight is 812 g/mol. The smallest absolute Gasteiger partial charge is 0.257 e. The van der Waals surface area contributed by atoms with Crippen LogP contribution in [-0.2, 0) is 64.2 Å². The minimum absolute atomic E-state index is 0.0108. The molecule has 2 aromatic carbocycles. The second-order valence-corrected chi connectivity index (χ2v) is 14.4. The Hall–Kier alpha value is -6.33. The lowest BCUT2D eigenvalue weighted by atomic mass is 9.81. The minimum atomic E-state index is -1.03. The molecule has 3 atom stereocenters. The number of carbonyl (C=O) groups is 6. The maximum absolute atomic E-state index is 15.3. The molecule has 5 N–H and O–H groups in total. The third-order valence-corrected chi connectivity index (χ3v) is 10.7. The number of hydrogen-bond acceptors (Lipinski definition) is 10. The van der Waals surface area contributed by atoms with E-state index in [9.17, 15) is 33.6 Å². The summed E-state index contributed by atoms with van der Waals surface area (Å²) in [5.41, 5.74) is 5.44. The highest BCUT2D eigenvalue weighted by molar-refractivity contribution is 5.94. The number of pyridine rings is 2. The molecule has 16 nitrogen and oxygen atoms in total. The Morgan fingerprint density at radius 3 is 2.53 bits per heavy atom. The van der Waals surface area contributed by atoms with Gasteiger partial charge in [-0.2, -0.15) is 0 Å². The largest absolute Gasteiger partial charge is 0.380 e. The second kappa shape index (κ2) is 18.9. The molecule has 0 radical (unpaired) electrons. The number of aromatic nitrogens is 2. The third kappa shape index (κ3) is 9.21. The zero-order valence-electron chi connectivity index (χ0n) is 32.9. The molecule has 0 spiro atoms. The molecular formula is C42H46FN7O9. The van der Waals surface area contributed by atoms with E-state index >= 15 is 4.39 Å². The molecular weight excluding hydrogens is 765 g/mol. The van der Waals surface area contributed by atoms with Gasteiger partial charge >= 0.3 is 0 Å². The van der Waals surface area contributed by atoms with E-state index in [1.807, 2.05) is 13.0 Å². The van der Waals surface area contributed by atoms with Crippen molar-refractivity contribution >= 4 is 47.2 Å². The molecule has 0 saturated carbocycles. The van der Waals surface area contributed by atoms with E-state index in [0.29, 0.717) is 64.8 Å². The summed E-state index contributed by atoms with van der Waals surface area (Å²) in [6, 6.07) is 10.5. The molecule has 59 heavy (non-hydrogen) atoms. The van der Waals surface area contributed by atoms with E-state index in [1.54, 1.807) is 41.8 Å². The van der Waals surface area contributed by atoms with Crippen LogP contribution in [0.1, 0.15) is 70.7 Å². The highest BCUT2D eigenvalue weighted by Gasteiger charge is 2.35. The molecule has 0 bridgehead atoms. The minimum Gasteiger partial charge on any atom is -0.380 e. The number of fused-ring (bicyclic) bond motifs is 4. The summed E-state index contributed by atoms with van der Waals surface area (Å²) in [5, 5.41) is 13.5. The number of benzene rings is 2. The fraction of sp³-hybridized carbons (Fsp3) is 0.381. The first-order valence-electron chi connectivity index (χ1n) is 19.3. The van der Waals surface area contributed by atoms with Crippen molar-refractivity contribution in [2.24, 2.45) is 0 Å². The van der Waals surface area contributed by atoms with E-state index in [-0.39, 0.29) is 38.4 Å². The van der Waals surface area contributed by atoms with Gasteiger partial charge in [-0.15, -0.1) is 0 Å². The van der Waals surface area contributed by atoms with Crippen LogP contribution in [0.2, 0.25) is 0 Å². The molecule has 0 fully saturated rings. The predicted octanol–water partition coefficient (Wildman–Crippen LogP) is 1.50. The topological polar surface area (TPSA) is 216 Å². The number of amides is 5. The van der Waals surface area contributed by atoms with Gasteiger partial charge in [-0.05, 0) is 60.1 Å². The van der Waals surface area contributed by atoms with Crippen LogP contribution < -0.4 is 32.1 Å². The Morgan fingerprint density at radius 1 is 1.03 bits per heavy atom. The first kappa shape index (κ1) is 42.3. The molecule has 17 heteroatoms. The predicted molar refractivity (Wildman–Crippen MR) is 212 cm³/mol. The summed E-state index contributed by atoms with van der Waals surface area (Å²) >= 11 is 0. The van der Waals surface area contributed by atoms with Crippen LogP contribution in [0.5, 0.6) is 0 Å². The van der Waals surface area contributed by atoms with Crippen LogP contribution in [-0.4, -0.2) is 85.5 Å². The molecule has 0 saturated heterocycles. The number of hydrogen-bond donors (Lipinski definition) is 5. The van der Waals surface area contributed by atoms with Gasteiger partial charge in [-0.1, -0.05) is 37.3 Å². The average Bonchev–Trinajstić information content (AvgIpc) is 3.60. The van der Waals surface area contributed by atoms with Crippen molar-refractivity contribution < 1.29 is 42.6 Å². The van der Waals surface area contributed by atoms with Crippen molar-refractivity contribution in [3.63, 3.8) is 0 Å². The van der Waals surface area contributed by atoms with Crippen molar-refractivity contribution in [3.8, 4) is 11.4 Å². The number of aryl methyl sites for hydroxylation is 1. The maximum atomic E-state index is 15.3. The number of halogens is 1. The van der Waals surface area contributed by atoms with Gasteiger partial charge in [0.15, 0.2) is 0 Å². The van der Waals surface area contributed by atoms with E-state index in [2.05, 4.69) is 26.6 Å². The maximum Gasteiger partial charge on any atom is 0.257 e. The number of ether oxygens (including phenoxy) is 2. The van der Waals surface area contributed by atoms with Gasteiger partial charge in [0.1, 0.15) is 31.5 Å². The van der Waals surface area contributed by atoms with Crippen LogP contribution in [0.15, 0.2) is 47.3 Å². The van der Waals surface area contributed by atoms with Gasteiger partial charge in [-0.25, -0.2) is 9.37 Å². The molecule has 1 aliphatic carbocycles. The molecule has 4 aromatic rings. The molecule has 5 amide bonds. The van der Waals surface area contributed by atoms with Crippen molar-refractivity contribution in [3.05, 3.63) is 97.6 Å². The fourth-order valence-corrected chi connectivity index (χ4v) is 7.82. The number of methoxy groups -OCH3 is 1. The Morgan fingerprint density at radius 2 is 1.81 bits per heavy atom. The van der Waals surface area contributed by atoms with Gasteiger partial charge < -0.3 is 45.4 Å². The van der Waals surface area contributed by atoms with Crippen molar-refractivity contribution in [2.75, 3.05) is 33.5 Å². The summed E-state index contributed by atoms with van der Waals surface area (Å²) in [4.78, 5) is 92.7. The van der Waals surface area contributed by atoms with Crippen molar-refractivity contribution in [1.29, 1.82) is 0 Å². The lowest BCUT2D eigenvalue weighted by molar-refractivity contribution is -0.131. The second-order valence-electron chi connectivity index (χ2n) is 14.4. The molecule has 6 rings (SSSR count). The summed E-state index contributed by atoms with van der Waals surface area (Å²) in [7, 11) is 1.48. The fourth-order valence-electron chi connectivity index (χ4n) is 7.82. The normalized spacial score (nSPS) is 14.7. The summed E-state index contributed by atoms with van der Waals surface area (Å²) in [6.45, 7) is 2.17. The highest BCUT2D eigenvalue weighted by Crippen LogP contribution is 2.45. The van der Waals surface area contributed by atoms with Crippen LogP contribution in [0.25, 0.3) is 22.3 Å². The van der Waals surface area contributed by atoms with E-state index < -0.39 is 60.6 Å². The third-order valence-electron chi connectivity index (χ3n) is 10.7.